The van der Waals surface area contributed by atoms with Crippen molar-refractivity contribution in [2.24, 2.45) is 0 Å². The van der Waals surface area contributed by atoms with Crippen molar-refractivity contribution in [3.05, 3.63) is 35.4 Å². The first-order chi connectivity index (χ1) is 8.69. The third-order valence-corrected chi connectivity index (χ3v) is 3.81. The zero-order chi connectivity index (χ0) is 13.0. The van der Waals surface area contributed by atoms with Gasteiger partial charge in [0.05, 0.1) is 6.10 Å². The van der Waals surface area contributed by atoms with E-state index in [0.29, 0.717) is 18.2 Å². The van der Waals surface area contributed by atoms with Crippen LogP contribution in [0.15, 0.2) is 24.3 Å². The molecule has 2 heteroatoms. The van der Waals surface area contributed by atoms with Gasteiger partial charge in [0.25, 0.3) is 0 Å². The van der Waals surface area contributed by atoms with Gasteiger partial charge in [-0.2, -0.15) is 0 Å². The summed E-state index contributed by atoms with van der Waals surface area (Å²) in [5, 5.41) is 3.79. The summed E-state index contributed by atoms with van der Waals surface area (Å²) in [5.74, 6) is 0. The third-order valence-electron chi connectivity index (χ3n) is 3.81. The minimum absolute atomic E-state index is 0.395. The molecule has 1 saturated heterocycles. The molecule has 1 aliphatic rings. The maximum atomic E-state index is 5.60. The van der Waals surface area contributed by atoms with Gasteiger partial charge < -0.3 is 10.1 Å². The smallest absolute Gasteiger partial charge is 0.0561 e. The average molecular weight is 247 g/mol. The predicted octanol–water partition coefficient (Wildman–Crippen LogP) is 3.60. The number of aryl methyl sites for hydroxylation is 1. The molecule has 1 aromatic carbocycles. The summed E-state index contributed by atoms with van der Waals surface area (Å²) in [6.07, 6.45) is 3.79. The second-order valence-electron chi connectivity index (χ2n) is 5.44. The Kier molecular flexibility index (Phi) is 4.79. The summed E-state index contributed by atoms with van der Waals surface area (Å²) >= 11 is 0. The van der Waals surface area contributed by atoms with Gasteiger partial charge in [-0.15, -0.1) is 0 Å². The SMILES string of the molecule is CCC(NC1CCOC(C)C1)c1ccc(C)cc1. The number of hydrogen-bond acceptors (Lipinski definition) is 2. The van der Waals surface area contributed by atoms with Crippen molar-refractivity contribution in [1.29, 1.82) is 0 Å². The van der Waals surface area contributed by atoms with Gasteiger partial charge in [0, 0.05) is 18.7 Å². The second kappa shape index (κ2) is 6.35. The van der Waals surface area contributed by atoms with Crippen molar-refractivity contribution in [3.63, 3.8) is 0 Å². The van der Waals surface area contributed by atoms with Gasteiger partial charge in [-0.3, -0.25) is 0 Å². The number of rotatable bonds is 4. The van der Waals surface area contributed by atoms with E-state index in [1.165, 1.54) is 11.1 Å². The van der Waals surface area contributed by atoms with E-state index >= 15 is 0 Å². The first kappa shape index (κ1) is 13.6. The highest BCUT2D eigenvalue weighted by molar-refractivity contribution is 5.24. The molecule has 2 nitrogen and oxygen atoms in total. The summed E-state index contributed by atoms with van der Waals surface area (Å²) < 4.78 is 5.60. The first-order valence-electron chi connectivity index (χ1n) is 7.13. The van der Waals surface area contributed by atoms with E-state index in [-0.39, 0.29) is 0 Å². The standard InChI is InChI=1S/C16H25NO/c1-4-16(14-7-5-12(2)6-8-14)17-15-9-10-18-13(3)11-15/h5-8,13,15-17H,4,9-11H2,1-3H3. The van der Waals surface area contributed by atoms with Gasteiger partial charge in [-0.05, 0) is 38.7 Å². The maximum absolute atomic E-state index is 5.60. The van der Waals surface area contributed by atoms with Crippen molar-refractivity contribution in [3.8, 4) is 0 Å². The lowest BCUT2D eigenvalue weighted by Gasteiger charge is -2.31. The van der Waals surface area contributed by atoms with E-state index in [2.05, 4.69) is 50.4 Å². The van der Waals surface area contributed by atoms with Crippen molar-refractivity contribution < 1.29 is 4.74 Å². The Morgan fingerprint density at radius 3 is 2.67 bits per heavy atom. The zero-order valence-electron chi connectivity index (χ0n) is 11.8. The van der Waals surface area contributed by atoms with Crippen LogP contribution in [0, 0.1) is 6.92 Å². The van der Waals surface area contributed by atoms with Crippen LogP contribution < -0.4 is 5.32 Å². The molecule has 1 aromatic rings. The van der Waals surface area contributed by atoms with Crippen LogP contribution in [-0.2, 0) is 4.74 Å². The molecule has 3 atom stereocenters. The topological polar surface area (TPSA) is 21.3 Å². The van der Waals surface area contributed by atoms with Gasteiger partial charge in [-0.25, -0.2) is 0 Å². The molecule has 1 heterocycles. The molecule has 18 heavy (non-hydrogen) atoms. The highest BCUT2D eigenvalue weighted by atomic mass is 16.5. The summed E-state index contributed by atoms with van der Waals surface area (Å²) in [6.45, 7) is 7.45. The molecule has 1 fully saturated rings. The number of hydrogen-bond donors (Lipinski definition) is 1. The monoisotopic (exact) mass is 247 g/mol. The highest BCUT2D eigenvalue weighted by Crippen LogP contribution is 2.21. The fraction of sp³-hybridized carbons (Fsp3) is 0.625. The Hall–Kier alpha value is -0.860. The van der Waals surface area contributed by atoms with Crippen molar-refractivity contribution in [2.45, 2.75) is 58.2 Å². The molecular formula is C16H25NO. The van der Waals surface area contributed by atoms with E-state index in [4.69, 9.17) is 4.74 Å². The van der Waals surface area contributed by atoms with Gasteiger partial charge in [0.15, 0.2) is 0 Å². The number of ether oxygens (including phenoxy) is 1. The van der Waals surface area contributed by atoms with E-state index in [1.807, 2.05) is 0 Å². The Bertz CT molecular complexity index is 360. The third kappa shape index (κ3) is 3.56. The lowest BCUT2D eigenvalue weighted by Crippen LogP contribution is -2.39. The van der Waals surface area contributed by atoms with E-state index in [0.717, 1.165) is 25.9 Å². The highest BCUT2D eigenvalue weighted by Gasteiger charge is 2.21. The molecule has 100 valence electrons. The Labute approximate surface area is 111 Å². The Balaban J connectivity index is 1.98. The molecule has 0 aromatic heterocycles. The Morgan fingerprint density at radius 1 is 1.33 bits per heavy atom. The van der Waals surface area contributed by atoms with E-state index in [1.54, 1.807) is 0 Å². The summed E-state index contributed by atoms with van der Waals surface area (Å²) in [7, 11) is 0. The predicted molar refractivity (Wildman–Crippen MR) is 75.8 cm³/mol. The van der Waals surface area contributed by atoms with Crippen LogP contribution in [0.3, 0.4) is 0 Å². The molecule has 0 bridgehead atoms. The van der Waals surface area contributed by atoms with Crippen molar-refractivity contribution >= 4 is 0 Å². The second-order valence-corrected chi connectivity index (χ2v) is 5.44. The number of nitrogens with one attached hydrogen (secondary N) is 1. The fourth-order valence-electron chi connectivity index (χ4n) is 2.68. The van der Waals surface area contributed by atoms with Crippen LogP contribution >= 0.6 is 0 Å². The lowest BCUT2D eigenvalue weighted by molar-refractivity contribution is 0.0111. The van der Waals surface area contributed by atoms with E-state index in [9.17, 15) is 0 Å². The largest absolute Gasteiger partial charge is 0.378 e. The quantitative estimate of drug-likeness (QED) is 0.877. The van der Waals surface area contributed by atoms with Crippen LogP contribution in [-0.4, -0.2) is 18.8 Å². The van der Waals surface area contributed by atoms with Crippen LogP contribution in [0.2, 0.25) is 0 Å². The van der Waals surface area contributed by atoms with Crippen molar-refractivity contribution in [2.75, 3.05) is 6.61 Å². The van der Waals surface area contributed by atoms with Gasteiger partial charge >= 0.3 is 0 Å². The van der Waals surface area contributed by atoms with Crippen LogP contribution in [0.25, 0.3) is 0 Å². The van der Waals surface area contributed by atoms with Crippen LogP contribution in [0.1, 0.15) is 50.3 Å². The van der Waals surface area contributed by atoms with Crippen LogP contribution in [0.5, 0.6) is 0 Å². The van der Waals surface area contributed by atoms with Crippen LogP contribution in [0.4, 0.5) is 0 Å². The zero-order valence-corrected chi connectivity index (χ0v) is 11.8. The Morgan fingerprint density at radius 2 is 2.06 bits per heavy atom. The minimum Gasteiger partial charge on any atom is -0.378 e. The van der Waals surface area contributed by atoms with Crippen molar-refractivity contribution in [1.82, 2.24) is 5.32 Å². The molecule has 0 saturated carbocycles. The van der Waals surface area contributed by atoms with Gasteiger partial charge in [-0.1, -0.05) is 36.8 Å². The molecular weight excluding hydrogens is 222 g/mol. The summed E-state index contributed by atoms with van der Waals surface area (Å²) in [4.78, 5) is 0. The normalized spacial score (nSPS) is 25.9. The lowest BCUT2D eigenvalue weighted by atomic mass is 9.98. The minimum atomic E-state index is 0.395. The van der Waals surface area contributed by atoms with Gasteiger partial charge in [0.2, 0.25) is 0 Å². The molecule has 3 unspecified atom stereocenters. The molecule has 1 aliphatic heterocycles. The molecule has 0 aliphatic carbocycles. The average Bonchev–Trinajstić information content (AvgIpc) is 2.37. The van der Waals surface area contributed by atoms with Gasteiger partial charge in [0.1, 0.15) is 0 Å². The molecule has 2 rings (SSSR count). The first-order valence-corrected chi connectivity index (χ1v) is 7.13. The molecule has 0 spiro atoms. The van der Waals surface area contributed by atoms with E-state index < -0.39 is 0 Å². The molecule has 1 N–H and O–H groups in total. The number of benzene rings is 1. The fourth-order valence-corrected chi connectivity index (χ4v) is 2.68. The summed E-state index contributed by atoms with van der Waals surface area (Å²) in [6, 6.07) is 9.97. The molecule has 0 radical (unpaired) electrons. The summed E-state index contributed by atoms with van der Waals surface area (Å²) in [5.41, 5.74) is 2.73. The molecule has 0 amide bonds. The maximum Gasteiger partial charge on any atom is 0.0561 e.